The Morgan fingerprint density at radius 1 is 1.32 bits per heavy atom. The van der Waals surface area contributed by atoms with Gasteiger partial charge in [0.05, 0.1) is 15.7 Å². The molecule has 0 spiro atoms. The molecule has 2 rings (SSSR count). The second-order valence-electron chi connectivity index (χ2n) is 3.98. The van der Waals surface area contributed by atoms with Crippen LogP contribution in [0, 0.1) is 6.07 Å². The van der Waals surface area contributed by atoms with E-state index in [0.717, 1.165) is 10.0 Å². The summed E-state index contributed by atoms with van der Waals surface area (Å²) in [5.41, 5.74) is 1.52. The second-order valence-corrected chi connectivity index (χ2v) is 7.55. The van der Waals surface area contributed by atoms with E-state index in [1.54, 1.807) is 13.0 Å². The SMILES string of the molecule is CCS(=O)(=O)c1c[c]c(Cl)c(-c2cccc(Br)c2)c1. The first-order valence-electron chi connectivity index (χ1n) is 5.64. The molecule has 0 aliphatic carbocycles. The summed E-state index contributed by atoms with van der Waals surface area (Å²) in [6.45, 7) is 1.61. The molecule has 0 N–H and O–H groups in total. The first kappa shape index (κ1) is 14.6. The Morgan fingerprint density at radius 2 is 2.05 bits per heavy atom. The molecule has 0 atom stereocenters. The minimum atomic E-state index is -3.26. The molecular formula is C14H11BrClO2S. The fourth-order valence-electron chi connectivity index (χ4n) is 1.67. The van der Waals surface area contributed by atoms with Gasteiger partial charge in [0, 0.05) is 16.1 Å². The molecule has 2 nitrogen and oxygen atoms in total. The third-order valence-electron chi connectivity index (χ3n) is 2.74. The van der Waals surface area contributed by atoms with Crippen molar-refractivity contribution in [3.05, 3.63) is 52.0 Å². The summed E-state index contributed by atoms with van der Waals surface area (Å²) < 4.78 is 24.7. The fraction of sp³-hybridized carbons (Fsp3) is 0.143. The molecule has 0 aliphatic heterocycles. The van der Waals surface area contributed by atoms with Crippen molar-refractivity contribution in [1.29, 1.82) is 0 Å². The monoisotopic (exact) mass is 357 g/mol. The predicted molar refractivity (Wildman–Crippen MR) is 81.2 cm³/mol. The van der Waals surface area contributed by atoms with Crippen LogP contribution in [0.3, 0.4) is 0 Å². The Kier molecular flexibility index (Phi) is 4.33. The summed E-state index contributed by atoms with van der Waals surface area (Å²) >= 11 is 9.49. The zero-order valence-corrected chi connectivity index (χ0v) is 13.3. The van der Waals surface area contributed by atoms with E-state index >= 15 is 0 Å². The number of benzene rings is 2. The van der Waals surface area contributed by atoms with Gasteiger partial charge >= 0.3 is 0 Å². The molecule has 0 saturated heterocycles. The van der Waals surface area contributed by atoms with E-state index in [1.807, 2.05) is 24.3 Å². The van der Waals surface area contributed by atoms with E-state index in [4.69, 9.17) is 11.6 Å². The molecule has 1 radical (unpaired) electrons. The minimum Gasteiger partial charge on any atom is -0.224 e. The van der Waals surface area contributed by atoms with Gasteiger partial charge in [0.15, 0.2) is 9.84 Å². The molecular weight excluding hydrogens is 348 g/mol. The van der Waals surface area contributed by atoms with Crippen LogP contribution in [0.15, 0.2) is 45.8 Å². The molecule has 0 aliphatic rings. The maximum atomic E-state index is 11.9. The topological polar surface area (TPSA) is 34.1 Å². The Morgan fingerprint density at radius 3 is 2.68 bits per heavy atom. The summed E-state index contributed by atoms with van der Waals surface area (Å²) in [5.74, 6) is 0.0559. The third kappa shape index (κ3) is 3.19. The largest absolute Gasteiger partial charge is 0.224 e. The lowest BCUT2D eigenvalue weighted by molar-refractivity contribution is 0.597. The highest BCUT2D eigenvalue weighted by atomic mass is 79.9. The molecule has 0 saturated carbocycles. The standard InChI is InChI=1S/C14H11BrClO2S/c1-2-19(17,18)12-6-7-14(16)13(9-12)10-4-3-5-11(15)8-10/h3-6,8-9H,2H2,1H3. The number of rotatable bonds is 3. The number of halogens is 2. The third-order valence-corrected chi connectivity index (χ3v) is 5.26. The van der Waals surface area contributed by atoms with Gasteiger partial charge in [0.25, 0.3) is 0 Å². The first-order valence-corrected chi connectivity index (χ1v) is 8.46. The van der Waals surface area contributed by atoms with E-state index in [1.165, 1.54) is 6.07 Å². The second kappa shape index (κ2) is 5.65. The van der Waals surface area contributed by atoms with Crippen molar-refractivity contribution in [2.75, 3.05) is 5.75 Å². The number of hydrogen-bond donors (Lipinski definition) is 0. The highest BCUT2D eigenvalue weighted by Gasteiger charge is 2.14. The molecule has 0 unspecified atom stereocenters. The van der Waals surface area contributed by atoms with Gasteiger partial charge in [-0.15, -0.1) is 0 Å². The van der Waals surface area contributed by atoms with Crippen molar-refractivity contribution in [1.82, 2.24) is 0 Å². The molecule has 0 amide bonds. The van der Waals surface area contributed by atoms with Gasteiger partial charge in [0.1, 0.15) is 0 Å². The normalized spacial score (nSPS) is 11.5. The van der Waals surface area contributed by atoms with E-state index in [9.17, 15) is 8.42 Å². The zero-order valence-electron chi connectivity index (χ0n) is 10.2. The molecule has 99 valence electrons. The molecule has 5 heteroatoms. The van der Waals surface area contributed by atoms with E-state index in [0.29, 0.717) is 10.6 Å². The van der Waals surface area contributed by atoms with Gasteiger partial charge < -0.3 is 0 Å². The average molecular weight is 359 g/mol. The molecule has 0 aromatic heterocycles. The highest BCUT2D eigenvalue weighted by Crippen LogP contribution is 2.31. The van der Waals surface area contributed by atoms with Crippen LogP contribution in [0.2, 0.25) is 5.02 Å². The van der Waals surface area contributed by atoms with Crippen LogP contribution >= 0.6 is 27.5 Å². The van der Waals surface area contributed by atoms with Crippen molar-refractivity contribution in [3.63, 3.8) is 0 Å². The van der Waals surface area contributed by atoms with E-state index in [2.05, 4.69) is 22.0 Å². The average Bonchev–Trinajstić information content (AvgIpc) is 2.39. The van der Waals surface area contributed by atoms with Gasteiger partial charge in [-0.05, 0) is 29.8 Å². The van der Waals surface area contributed by atoms with Gasteiger partial charge in [0.2, 0.25) is 0 Å². The van der Waals surface area contributed by atoms with Gasteiger partial charge in [-0.3, -0.25) is 0 Å². The molecule has 2 aromatic carbocycles. The lowest BCUT2D eigenvalue weighted by Crippen LogP contribution is -2.03. The molecule has 0 fully saturated rings. The fourth-order valence-corrected chi connectivity index (χ4v) is 3.16. The lowest BCUT2D eigenvalue weighted by Gasteiger charge is -2.08. The van der Waals surface area contributed by atoms with Crippen molar-refractivity contribution < 1.29 is 8.42 Å². The summed E-state index contributed by atoms with van der Waals surface area (Å²) in [6, 6.07) is 13.3. The van der Waals surface area contributed by atoms with Gasteiger partial charge in [-0.1, -0.05) is 46.6 Å². The number of sulfone groups is 1. The Hall–Kier alpha value is -0.840. The summed E-state index contributed by atoms with van der Waals surface area (Å²) in [7, 11) is -3.26. The van der Waals surface area contributed by atoms with Crippen molar-refractivity contribution in [2.45, 2.75) is 11.8 Å². The van der Waals surface area contributed by atoms with Gasteiger partial charge in [-0.25, -0.2) is 8.42 Å². The van der Waals surface area contributed by atoms with E-state index in [-0.39, 0.29) is 10.6 Å². The molecule has 0 heterocycles. The predicted octanol–water partition coefficient (Wildman–Crippen LogP) is 4.36. The quantitative estimate of drug-likeness (QED) is 0.817. The van der Waals surface area contributed by atoms with Crippen LogP contribution < -0.4 is 0 Å². The molecule has 19 heavy (non-hydrogen) atoms. The smallest absolute Gasteiger partial charge is 0.178 e. The first-order chi connectivity index (χ1) is 8.94. The van der Waals surface area contributed by atoms with E-state index < -0.39 is 9.84 Å². The van der Waals surface area contributed by atoms with Crippen molar-refractivity contribution in [2.24, 2.45) is 0 Å². The summed E-state index contributed by atoms with van der Waals surface area (Å²) in [4.78, 5) is 0.245. The van der Waals surface area contributed by atoms with Crippen LogP contribution in [0.5, 0.6) is 0 Å². The maximum Gasteiger partial charge on any atom is 0.178 e. The van der Waals surface area contributed by atoms with Crippen molar-refractivity contribution in [3.8, 4) is 11.1 Å². The Balaban J connectivity index is 2.61. The summed E-state index contributed by atoms with van der Waals surface area (Å²) in [6.07, 6.45) is 0. The van der Waals surface area contributed by atoms with Crippen LogP contribution in [0.1, 0.15) is 6.92 Å². The zero-order chi connectivity index (χ0) is 14.0. The number of hydrogen-bond acceptors (Lipinski definition) is 2. The molecule has 2 aromatic rings. The Labute approximate surface area is 126 Å². The Bertz CT molecular complexity index is 711. The minimum absolute atomic E-state index is 0.0559. The van der Waals surface area contributed by atoms with Crippen LogP contribution in [-0.4, -0.2) is 14.2 Å². The van der Waals surface area contributed by atoms with Crippen LogP contribution in [-0.2, 0) is 9.84 Å². The van der Waals surface area contributed by atoms with Crippen LogP contribution in [0.4, 0.5) is 0 Å². The molecule has 0 bridgehead atoms. The highest BCUT2D eigenvalue weighted by molar-refractivity contribution is 9.10. The van der Waals surface area contributed by atoms with Gasteiger partial charge in [-0.2, -0.15) is 0 Å². The maximum absolute atomic E-state index is 11.9. The lowest BCUT2D eigenvalue weighted by atomic mass is 10.1. The van der Waals surface area contributed by atoms with Crippen molar-refractivity contribution >= 4 is 37.4 Å². The summed E-state index contributed by atoms with van der Waals surface area (Å²) in [5, 5.41) is 0.410. The van der Waals surface area contributed by atoms with Crippen LogP contribution in [0.25, 0.3) is 11.1 Å².